The largest absolute Gasteiger partial charge is 0.370 e. The highest BCUT2D eigenvalue weighted by molar-refractivity contribution is 7.13. The number of hydrogen-bond donors (Lipinski definition) is 1. The second-order valence-electron chi connectivity index (χ2n) is 6.15. The summed E-state index contributed by atoms with van der Waals surface area (Å²) in [7, 11) is 0. The molecule has 3 rings (SSSR count). The first-order valence-corrected chi connectivity index (χ1v) is 9.37. The van der Waals surface area contributed by atoms with Crippen LogP contribution < -0.4 is 10.2 Å². The predicted molar refractivity (Wildman–Crippen MR) is 101 cm³/mol. The Labute approximate surface area is 152 Å². The smallest absolute Gasteiger partial charge is 0.265 e. The van der Waals surface area contributed by atoms with Gasteiger partial charge >= 0.3 is 0 Å². The third-order valence-corrected chi connectivity index (χ3v) is 5.21. The Morgan fingerprint density at radius 3 is 2.48 bits per heavy atom. The lowest BCUT2D eigenvalue weighted by Gasteiger charge is -2.34. The minimum atomic E-state index is 0.0845. The molecule has 0 unspecified atom stereocenters. The number of nitrogens with one attached hydrogen (secondary N) is 1. The molecule has 0 spiro atoms. The molecule has 1 aliphatic rings. The normalized spacial score (nSPS) is 14.7. The van der Waals surface area contributed by atoms with Crippen molar-refractivity contribution in [1.29, 1.82) is 0 Å². The molecule has 1 N–H and O–H groups in total. The zero-order valence-electron chi connectivity index (χ0n) is 15.2. The first kappa shape index (κ1) is 17.6. The molecule has 1 aliphatic heterocycles. The van der Waals surface area contributed by atoms with E-state index in [0.29, 0.717) is 13.1 Å². The van der Waals surface area contributed by atoms with Crippen LogP contribution >= 0.6 is 11.3 Å². The monoisotopic (exact) mass is 360 g/mol. The summed E-state index contributed by atoms with van der Waals surface area (Å²) in [6.07, 6.45) is 0. The van der Waals surface area contributed by atoms with E-state index in [2.05, 4.69) is 25.2 Å². The van der Waals surface area contributed by atoms with E-state index in [1.165, 1.54) is 11.3 Å². The first-order valence-electron chi connectivity index (χ1n) is 8.55. The number of rotatable bonds is 4. The van der Waals surface area contributed by atoms with Gasteiger partial charge in [-0.2, -0.15) is 4.98 Å². The third kappa shape index (κ3) is 3.89. The van der Waals surface area contributed by atoms with Crippen molar-refractivity contribution in [3.05, 3.63) is 27.3 Å². The van der Waals surface area contributed by atoms with E-state index in [1.54, 1.807) is 0 Å². The number of carbonyl (C=O) groups is 1. The number of amides is 1. The van der Waals surface area contributed by atoms with Gasteiger partial charge < -0.3 is 15.1 Å². The summed E-state index contributed by atoms with van der Waals surface area (Å²) in [5.74, 6) is 1.66. The quantitative estimate of drug-likeness (QED) is 0.901. The zero-order chi connectivity index (χ0) is 18.0. The summed E-state index contributed by atoms with van der Waals surface area (Å²) in [6, 6.07) is 1.95. The molecule has 7 nitrogen and oxygen atoms in total. The molecule has 0 atom stereocenters. The molecular formula is C17H24N6OS. The summed E-state index contributed by atoms with van der Waals surface area (Å²) in [5.41, 5.74) is 1.77. The molecule has 8 heteroatoms. The summed E-state index contributed by atoms with van der Waals surface area (Å²) >= 11 is 1.47. The Morgan fingerprint density at radius 1 is 1.16 bits per heavy atom. The van der Waals surface area contributed by atoms with Crippen LogP contribution in [0.25, 0.3) is 0 Å². The van der Waals surface area contributed by atoms with Crippen LogP contribution in [-0.4, -0.2) is 58.5 Å². The maximum atomic E-state index is 12.7. The Bertz CT molecular complexity index is 766. The molecule has 1 saturated heterocycles. The molecular weight excluding hydrogens is 336 g/mol. The number of carbonyl (C=O) groups excluding carboxylic acids is 1. The second kappa shape index (κ2) is 7.35. The van der Waals surface area contributed by atoms with Crippen molar-refractivity contribution in [3.8, 4) is 0 Å². The Balaban J connectivity index is 1.67. The number of aryl methyl sites for hydroxylation is 3. The number of piperazine rings is 1. The van der Waals surface area contributed by atoms with Gasteiger partial charge in [0, 0.05) is 44.5 Å². The van der Waals surface area contributed by atoms with Crippen LogP contribution in [-0.2, 0) is 0 Å². The van der Waals surface area contributed by atoms with Gasteiger partial charge in [-0.15, -0.1) is 11.3 Å². The maximum Gasteiger partial charge on any atom is 0.265 e. The molecule has 25 heavy (non-hydrogen) atoms. The average Bonchev–Trinajstić information content (AvgIpc) is 2.92. The van der Waals surface area contributed by atoms with Crippen molar-refractivity contribution in [2.45, 2.75) is 27.7 Å². The lowest BCUT2D eigenvalue weighted by molar-refractivity contribution is 0.0750. The summed E-state index contributed by atoms with van der Waals surface area (Å²) in [4.78, 5) is 31.0. The Kier molecular flexibility index (Phi) is 5.17. The zero-order valence-corrected chi connectivity index (χ0v) is 16.0. The fourth-order valence-electron chi connectivity index (χ4n) is 2.95. The minimum absolute atomic E-state index is 0.0845. The second-order valence-corrected chi connectivity index (χ2v) is 7.35. The van der Waals surface area contributed by atoms with Crippen LogP contribution in [0.2, 0.25) is 0 Å². The average molecular weight is 360 g/mol. The van der Waals surface area contributed by atoms with Gasteiger partial charge in [-0.05, 0) is 27.7 Å². The Hall–Kier alpha value is -2.22. The van der Waals surface area contributed by atoms with Crippen LogP contribution in [0.5, 0.6) is 0 Å². The van der Waals surface area contributed by atoms with E-state index in [-0.39, 0.29) is 5.91 Å². The van der Waals surface area contributed by atoms with E-state index in [0.717, 1.165) is 52.7 Å². The summed E-state index contributed by atoms with van der Waals surface area (Å²) in [5, 5.41) is 4.17. The highest BCUT2D eigenvalue weighted by atomic mass is 32.1. The minimum Gasteiger partial charge on any atom is -0.370 e. The van der Waals surface area contributed by atoms with Gasteiger partial charge in [0.25, 0.3) is 5.91 Å². The molecule has 3 heterocycles. The van der Waals surface area contributed by atoms with Crippen LogP contribution in [0.3, 0.4) is 0 Å². The topological polar surface area (TPSA) is 74.2 Å². The molecule has 2 aromatic heterocycles. The van der Waals surface area contributed by atoms with Crippen LogP contribution in [0.4, 0.5) is 11.8 Å². The number of aromatic nitrogens is 3. The molecule has 134 valence electrons. The first-order chi connectivity index (χ1) is 12.0. The van der Waals surface area contributed by atoms with E-state index >= 15 is 0 Å². The van der Waals surface area contributed by atoms with E-state index in [1.807, 2.05) is 38.7 Å². The van der Waals surface area contributed by atoms with Crippen LogP contribution in [0, 0.1) is 20.8 Å². The number of anilines is 2. The maximum absolute atomic E-state index is 12.7. The predicted octanol–water partition coefficient (Wildman–Crippen LogP) is 2.25. The van der Waals surface area contributed by atoms with E-state index in [4.69, 9.17) is 0 Å². The molecule has 1 fully saturated rings. The van der Waals surface area contributed by atoms with Crippen molar-refractivity contribution in [1.82, 2.24) is 19.9 Å². The standard InChI is InChI=1S/C17H24N6OS/c1-5-18-14-10-11(2)19-17(21-14)23-8-6-22(7-9-23)16(24)15-12(3)20-13(4)25-15/h10H,5-9H2,1-4H3,(H,18,19,21). The Morgan fingerprint density at radius 2 is 1.88 bits per heavy atom. The number of hydrogen-bond acceptors (Lipinski definition) is 7. The lowest BCUT2D eigenvalue weighted by Crippen LogP contribution is -2.49. The van der Waals surface area contributed by atoms with E-state index in [9.17, 15) is 4.79 Å². The number of thiazole rings is 1. The molecule has 0 saturated carbocycles. The fourth-order valence-corrected chi connectivity index (χ4v) is 3.84. The third-order valence-electron chi connectivity index (χ3n) is 4.15. The van der Waals surface area contributed by atoms with Gasteiger partial charge in [0.05, 0.1) is 10.7 Å². The van der Waals surface area contributed by atoms with Crippen molar-refractivity contribution >= 4 is 29.0 Å². The van der Waals surface area contributed by atoms with Crippen molar-refractivity contribution < 1.29 is 4.79 Å². The van der Waals surface area contributed by atoms with Gasteiger partial charge in [0.2, 0.25) is 5.95 Å². The van der Waals surface area contributed by atoms with Gasteiger partial charge in [0.15, 0.2) is 0 Å². The molecule has 2 aromatic rings. The van der Waals surface area contributed by atoms with E-state index < -0.39 is 0 Å². The van der Waals surface area contributed by atoms with Gasteiger partial charge in [-0.1, -0.05) is 0 Å². The lowest BCUT2D eigenvalue weighted by atomic mass is 10.3. The molecule has 0 bridgehead atoms. The summed E-state index contributed by atoms with van der Waals surface area (Å²) in [6.45, 7) is 11.5. The summed E-state index contributed by atoms with van der Waals surface area (Å²) < 4.78 is 0. The molecule has 0 aliphatic carbocycles. The molecule has 0 aromatic carbocycles. The molecule has 1 amide bonds. The molecule has 0 radical (unpaired) electrons. The SMILES string of the molecule is CCNc1cc(C)nc(N2CCN(C(=O)c3sc(C)nc3C)CC2)n1. The fraction of sp³-hybridized carbons (Fsp3) is 0.529. The number of nitrogens with zero attached hydrogens (tertiary/aromatic N) is 5. The van der Waals surface area contributed by atoms with Crippen molar-refractivity contribution in [2.75, 3.05) is 42.9 Å². The van der Waals surface area contributed by atoms with Crippen molar-refractivity contribution in [3.63, 3.8) is 0 Å². The highest BCUT2D eigenvalue weighted by Gasteiger charge is 2.26. The van der Waals surface area contributed by atoms with Gasteiger partial charge in [0.1, 0.15) is 10.7 Å². The van der Waals surface area contributed by atoms with Crippen molar-refractivity contribution in [2.24, 2.45) is 0 Å². The highest BCUT2D eigenvalue weighted by Crippen LogP contribution is 2.21. The van der Waals surface area contributed by atoms with Crippen LogP contribution in [0.15, 0.2) is 6.07 Å². The van der Waals surface area contributed by atoms with Gasteiger partial charge in [-0.25, -0.2) is 9.97 Å². The van der Waals surface area contributed by atoms with Crippen LogP contribution in [0.1, 0.15) is 33.0 Å². The van der Waals surface area contributed by atoms with Gasteiger partial charge in [-0.3, -0.25) is 4.79 Å².